The molecule has 1 aliphatic heterocycles. The third-order valence-electron chi connectivity index (χ3n) is 5.50. The number of methoxy groups -OCH3 is 1. The Bertz CT molecular complexity index is 1240. The standard InChI is InChI=1S/C25H26N2O4S2/c1-17(2)18-7-9-21(10-8-18)27-24(28)16-32-25(27)19-5-4-6-20(15-19)26-33(29,30)23-13-11-22(31-3)12-14-23/h4-15,17,25-26H,16H2,1-3H3/t25-/m1/s1. The molecule has 1 atom stereocenters. The number of thioether (sulfide) groups is 1. The van der Waals surface area contributed by atoms with Crippen molar-refractivity contribution in [1.29, 1.82) is 0 Å². The molecule has 0 aliphatic carbocycles. The van der Waals surface area contributed by atoms with Gasteiger partial charge < -0.3 is 4.74 Å². The molecule has 1 aliphatic rings. The summed E-state index contributed by atoms with van der Waals surface area (Å²) in [6, 6.07) is 21.5. The number of nitrogens with zero attached hydrogens (tertiary/aromatic N) is 1. The summed E-state index contributed by atoms with van der Waals surface area (Å²) in [7, 11) is -2.23. The van der Waals surface area contributed by atoms with E-state index in [1.54, 1.807) is 35.2 Å². The second-order valence-electron chi connectivity index (χ2n) is 8.08. The van der Waals surface area contributed by atoms with Gasteiger partial charge in [0.1, 0.15) is 11.1 Å². The zero-order valence-corrected chi connectivity index (χ0v) is 20.3. The Hall–Kier alpha value is -2.97. The van der Waals surface area contributed by atoms with Crippen LogP contribution in [0.25, 0.3) is 0 Å². The van der Waals surface area contributed by atoms with E-state index in [-0.39, 0.29) is 16.2 Å². The molecule has 3 aromatic carbocycles. The van der Waals surface area contributed by atoms with E-state index in [4.69, 9.17) is 4.74 Å². The van der Waals surface area contributed by atoms with Crippen LogP contribution in [0.5, 0.6) is 5.75 Å². The van der Waals surface area contributed by atoms with Crippen LogP contribution in [0.1, 0.15) is 36.3 Å². The molecule has 0 saturated carbocycles. The first kappa shape index (κ1) is 23.2. The molecule has 1 saturated heterocycles. The van der Waals surface area contributed by atoms with E-state index < -0.39 is 10.0 Å². The molecular weight excluding hydrogens is 456 g/mol. The van der Waals surface area contributed by atoms with Gasteiger partial charge in [0, 0.05) is 11.4 Å². The number of carbonyl (C=O) groups excluding carboxylic acids is 1. The van der Waals surface area contributed by atoms with Crippen molar-refractivity contribution < 1.29 is 17.9 Å². The van der Waals surface area contributed by atoms with Crippen molar-refractivity contribution >= 4 is 39.1 Å². The minimum Gasteiger partial charge on any atom is -0.497 e. The second kappa shape index (κ2) is 9.49. The lowest BCUT2D eigenvalue weighted by Gasteiger charge is -2.25. The maximum Gasteiger partial charge on any atom is 0.261 e. The van der Waals surface area contributed by atoms with Crippen molar-refractivity contribution in [2.24, 2.45) is 0 Å². The molecule has 1 amide bonds. The molecule has 0 unspecified atom stereocenters. The first-order chi connectivity index (χ1) is 15.8. The van der Waals surface area contributed by atoms with Crippen LogP contribution in [0.15, 0.2) is 77.7 Å². The molecule has 4 rings (SSSR count). The lowest BCUT2D eigenvalue weighted by Crippen LogP contribution is -2.27. The minimum absolute atomic E-state index is 0.0338. The zero-order chi connectivity index (χ0) is 23.6. The maximum absolute atomic E-state index is 12.8. The predicted octanol–water partition coefficient (Wildman–Crippen LogP) is 5.40. The number of rotatable bonds is 7. The monoisotopic (exact) mass is 482 g/mol. The van der Waals surface area contributed by atoms with Gasteiger partial charge in [-0.15, -0.1) is 11.8 Å². The summed E-state index contributed by atoms with van der Waals surface area (Å²) >= 11 is 1.53. The number of hydrogen-bond donors (Lipinski definition) is 1. The van der Waals surface area contributed by atoms with E-state index in [0.717, 1.165) is 11.3 Å². The second-order valence-corrected chi connectivity index (χ2v) is 10.8. The van der Waals surface area contributed by atoms with Crippen molar-refractivity contribution in [3.63, 3.8) is 0 Å². The molecule has 33 heavy (non-hydrogen) atoms. The van der Waals surface area contributed by atoms with Gasteiger partial charge in [-0.2, -0.15) is 0 Å². The summed E-state index contributed by atoms with van der Waals surface area (Å²) in [5, 5.41) is -0.229. The average Bonchev–Trinajstić information content (AvgIpc) is 3.20. The number of sulfonamides is 1. The van der Waals surface area contributed by atoms with Crippen LogP contribution in [0.2, 0.25) is 0 Å². The number of benzene rings is 3. The van der Waals surface area contributed by atoms with E-state index in [1.165, 1.54) is 36.6 Å². The summed E-state index contributed by atoms with van der Waals surface area (Å²) < 4.78 is 33.4. The van der Waals surface area contributed by atoms with Crippen LogP contribution < -0.4 is 14.4 Å². The fourth-order valence-corrected chi connectivity index (χ4v) is 5.91. The lowest BCUT2D eigenvalue weighted by atomic mass is 10.0. The van der Waals surface area contributed by atoms with Gasteiger partial charge in [0.15, 0.2) is 0 Å². The Morgan fingerprint density at radius 2 is 1.73 bits per heavy atom. The van der Waals surface area contributed by atoms with Gasteiger partial charge in [-0.1, -0.05) is 38.1 Å². The smallest absolute Gasteiger partial charge is 0.261 e. The third-order valence-corrected chi connectivity index (χ3v) is 8.11. The van der Waals surface area contributed by atoms with E-state index in [1.807, 2.05) is 30.3 Å². The molecule has 1 N–H and O–H groups in total. The summed E-state index contributed by atoms with van der Waals surface area (Å²) in [5.41, 5.74) is 3.35. The molecule has 0 bridgehead atoms. The van der Waals surface area contributed by atoms with Gasteiger partial charge in [-0.25, -0.2) is 8.42 Å². The lowest BCUT2D eigenvalue weighted by molar-refractivity contribution is -0.115. The van der Waals surface area contributed by atoms with Crippen molar-refractivity contribution in [2.75, 3.05) is 22.5 Å². The maximum atomic E-state index is 12.8. The Morgan fingerprint density at radius 3 is 2.36 bits per heavy atom. The van der Waals surface area contributed by atoms with Gasteiger partial charge in [0.2, 0.25) is 5.91 Å². The highest BCUT2D eigenvalue weighted by molar-refractivity contribution is 8.00. The van der Waals surface area contributed by atoms with E-state index >= 15 is 0 Å². The number of amides is 1. The SMILES string of the molecule is COc1ccc(S(=O)(=O)Nc2cccc([C@H]3SCC(=O)N3c3ccc(C(C)C)cc3)c2)cc1. The highest BCUT2D eigenvalue weighted by atomic mass is 32.2. The van der Waals surface area contributed by atoms with Crippen LogP contribution in [0.4, 0.5) is 11.4 Å². The van der Waals surface area contributed by atoms with E-state index in [0.29, 0.717) is 23.1 Å². The number of anilines is 2. The van der Waals surface area contributed by atoms with Crippen molar-refractivity contribution in [3.8, 4) is 5.75 Å². The third kappa shape index (κ3) is 5.02. The molecule has 8 heteroatoms. The molecule has 0 spiro atoms. The molecule has 0 radical (unpaired) electrons. The number of carbonyl (C=O) groups is 1. The first-order valence-corrected chi connectivity index (χ1v) is 13.1. The largest absolute Gasteiger partial charge is 0.497 e. The van der Waals surface area contributed by atoms with E-state index in [2.05, 4.69) is 18.6 Å². The quantitative estimate of drug-likeness (QED) is 0.488. The van der Waals surface area contributed by atoms with Gasteiger partial charge in [0.25, 0.3) is 10.0 Å². The molecule has 3 aromatic rings. The number of nitrogens with one attached hydrogen (secondary N) is 1. The number of ether oxygens (including phenoxy) is 1. The molecular formula is C25H26N2O4S2. The summed E-state index contributed by atoms with van der Waals surface area (Å²) in [6.07, 6.45) is 0. The van der Waals surface area contributed by atoms with E-state index in [9.17, 15) is 13.2 Å². The van der Waals surface area contributed by atoms with Gasteiger partial charge in [-0.3, -0.25) is 14.4 Å². The van der Waals surface area contributed by atoms with Gasteiger partial charge in [-0.05, 0) is 65.6 Å². The summed E-state index contributed by atoms with van der Waals surface area (Å²) in [4.78, 5) is 14.6. The molecule has 0 aromatic heterocycles. The minimum atomic E-state index is -3.76. The first-order valence-electron chi connectivity index (χ1n) is 10.6. The highest BCUT2D eigenvalue weighted by Crippen LogP contribution is 2.42. The Balaban J connectivity index is 1.59. The van der Waals surface area contributed by atoms with Crippen LogP contribution in [-0.4, -0.2) is 27.2 Å². The number of hydrogen-bond acceptors (Lipinski definition) is 5. The highest BCUT2D eigenvalue weighted by Gasteiger charge is 2.34. The fourth-order valence-electron chi connectivity index (χ4n) is 3.69. The summed E-state index contributed by atoms with van der Waals surface area (Å²) in [5.74, 6) is 1.40. The van der Waals surface area contributed by atoms with Crippen molar-refractivity contribution in [1.82, 2.24) is 0 Å². The Labute approximate surface area is 199 Å². The zero-order valence-electron chi connectivity index (χ0n) is 18.7. The van der Waals surface area contributed by atoms with Crippen molar-refractivity contribution in [2.45, 2.75) is 30.0 Å². The van der Waals surface area contributed by atoms with Crippen LogP contribution in [0.3, 0.4) is 0 Å². The van der Waals surface area contributed by atoms with Crippen molar-refractivity contribution in [3.05, 3.63) is 83.9 Å². The molecule has 1 heterocycles. The van der Waals surface area contributed by atoms with Crippen LogP contribution in [0, 0.1) is 0 Å². The van der Waals surface area contributed by atoms with Gasteiger partial charge in [0.05, 0.1) is 17.8 Å². The molecule has 1 fully saturated rings. The predicted molar refractivity (Wildman–Crippen MR) is 133 cm³/mol. The molecule has 6 nitrogen and oxygen atoms in total. The topological polar surface area (TPSA) is 75.7 Å². The Kier molecular flexibility index (Phi) is 6.67. The average molecular weight is 483 g/mol. The van der Waals surface area contributed by atoms with Gasteiger partial charge >= 0.3 is 0 Å². The Morgan fingerprint density at radius 1 is 1.03 bits per heavy atom. The summed E-state index contributed by atoms with van der Waals surface area (Å²) in [6.45, 7) is 4.26. The van der Waals surface area contributed by atoms with Crippen LogP contribution >= 0.6 is 11.8 Å². The fraction of sp³-hybridized carbons (Fsp3) is 0.240. The molecule has 172 valence electrons. The van der Waals surface area contributed by atoms with Crippen LogP contribution in [-0.2, 0) is 14.8 Å². The normalized spacial score (nSPS) is 16.3.